The molecule has 2 heterocycles. The lowest BCUT2D eigenvalue weighted by Gasteiger charge is -2.24. The van der Waals surface area contributed by atoms with E-state index in [0.29, 0.717) is 28.1 Å². The maximum atomic E-state index is 14.7. The Hall–Kier alpha value is -3.24. The third kappa shape index (κ3) is 4.37. The molecule has 4 rings (SSSR count). The molecular weight excluding hydrogens is 448 g/mol. The van der Waals surface area contributed by atoms with E-state index in [1.165, 1.54) is 18.2 Å². The molecule has 2 atom stereocenters. The number of hydrogen-bond acceptors (Lipinski definition) is 5. The van der Waals surface area contributed by atoms with Crippen LogP contribution in [0.15, 0.2) is 36.4 Å². The normalized spacial score (nSPS) is 22.4. The fourth-order valence-electron chi connectivity index (χ4n) is 3.68. The van der Waals surface area contributed by atoms with Crippen LogP contribution in [0.2, 0.25) is 5.02 Å². The number of rotatable bonds is 4. The molecule has 8 nitrogen and oxygen atoms in total. The van der Waals surface area contributed by atoms with Crippen molar-refractivity contribution in [2.75, 3.05) is 10.2 Å². The summed E-state index contributed by atoms with van der Waals surface area (Å²) in [6.07, 6.45) is -3.25. The van der Waals surface area contributed by atoms with Gasteiger partial charge in [-0.05, 0) is 53.9 Å². The number of ether oxygens (including phenoxy) is 1. The topological polar surface area (TPSA) is 108 Å². The summed E-state index contributed by atoms with van der Waals surface area (Å²) in [7, 11) is 0. The highest BCUT2D eigenvalue weighted by atomic mass is 35.5. The Balaban J connectivity index is 1.44. The predicted molar refractivity (Wildman–Crippen MR) is 110 cm³/mol. The monoisotopic (exact) mass is 465 g/mol. The summed E-state index contributed by atoms with van der Waals surface area (Å²) >= 11 is 5.75. The number of aliphatic hydroxyl groups is 1. The van der Waals surface area contributed by atoms with Crippen LogP contribution < -0.4 is 15.5 Å². The van der Waals surface area contributed by atoms with Crippen LogP contribution in [0.5, 0.6) is 0 Å². The summed E-state index contributed by atoms with van der Waals surface area (Å²) in [5.74, 6) is -4.60. The molecule has 1 saturated heterocycles. The van der Waals surface area contributed by atoms with E-state index in [4.69, 9.17) is 16.3 Å². The summed E-state index contributed by atoms with van der Waals surface area (Å²) in [6, 6.07) is 8.15. The third-order valence-corrected chi connectivity index (χ3v) is 5.38. The van der Waals surface area contributed by atoms with Gasteiger partial charge < -0.3 is 20.5 Å². The lowest BCUT2D eigenvalue weighted by Crippen LogP contribution is -2.46. The van der Waals surface area contributed by atoms with Crippen LogP contribution in [0.3, 0.4) is 0 Å². The van der Waals surface area contributed by atoms with Crippen LogP contribution >= 0.6 is 11.6 Å². The number of alkyl halides is 1. The molecule has 0 aromatic heterocycles. The molecule has 32 heavy (non-hydrogen) atoms. The van der Waals surface area contributed by atoms with Crippen molar-refractivity contribution in [2.45, 2.75) is 37.9 Å². The van der Waals surface area contributed by atoms with Gasteiger partial charge in [-0.1, -0.05) is 11.6 Å². The van der Waals surface area contributed by atoms with E-state index in [1.54, 1.807) is 6.07 Å². The third-order valence-electron chi connectivity index (χ3n) is 5.16. The maximum Gasteiger partial charge on any atom is 0.410 e. The first-order valence-electron chi connectivity index (χ1n) is 9.69. The number of carbonyl (C=O) groups is 3. The van der Waals surface area contributed by atoms with E-state index >= 15 is 0 Å². The molecule has 2 aromatic rings. The van der Waals surface area contributed by atoms with Gasteiger partial charge in [0.2, 0.25) is 5.91 Å². The summed E-state index contributed by atoms with van der Waals surface area (Å²) in [5.41, 5.74) is 1.76. The molecule has 2 aromatic carbocycles. The highest BCUT2D eigenvalue weighted by molar-refractivity contribution is 6.30. The molecular formula is C21H18ClF2N3O5. The first kappa shape index (κ1) is 22.0. The number of anilines is 2. The number of halogens is 3. The first-order chi connectivity index (χ1) is 15.1. The van der Waals surface area contributed by atoms with Crippen molar-refractivity contribution in [1.29, 1.82) is 0 Å². The lowest BCUT2D eigenvalue weighted by atomic mass is 10.0. The SMILES string of the molecule is O=C1CCc2cc(N3C(=O)C(O)(OC(=O)NCc4cc(F)cc(Cl)c4)CC3F)ccc2N1. The van der Waals surface area contributed by atoms with E-state index in [9.17, 15) is 28.3 Å². The Morgan fingerprint density at radius 1 is 1.28 bits per heavy atom. The molecule has 2 aliphatic heterocycles. The van der Waals surface area contributed by atoms with Crippen LogP contribution in [0.25, 0.3) is 0 Å². The summed E-state index contributed by atoms with van der Waals surface area (Å²) < 4.78 is 32.9. The van der Waals surface area contributed by atoms with Crippen molar-refractivity contribution < 1.29 is 33.0 Å². The van der Waals surface area contributed by atoms with Gasteiger partial charge in [-0.15, -0.1) is 0 Å². The Morgan fingerprint density at radius 3 is 2.81 bits per heavy atom. The zero-order valence-electron chi connectivity index (χ0n) is 16.5. The number of alkyl carbamates (subject to hydrolysis) is 1. The Kier molecular flexibility index (Phi) is 5.74. The number of hydrogen-bond donors (Lipinski definition) is 3. The Labute approximate surface area is 186 Å². The van der Waals surface area contributed by atoms with Crippen LogP contribution in [0, 0.1) is 5.82 Å². The smallest absolute Gasteiger partial charge is 0.407 e. The van der Waals surface area contributed by atoms with E-state index in [-0.39, 0.29) is 29.6 Å². The molecule has 168 valence electrons. The van der Waals surface area contributed by atoms with Crippen LogP contribution in [0.1, 0.15) is 24.0 Å². The van der Waals surface area contributed by atoms with E-state index in [0.717, 1.165) is 12.1 Å². The molecule has 0 saturated carbocycles. The van der Waals surface area contributed by atoms with Gasteiger partial charge in [0, 0.05) is 29.4 Å². The van der Waals surface area contributed by atoms with E-state index in [2.05, 4.69) is 10.6 Å². The molecule has 2 unspecified atom stereocenters. The van der Waals surface area contributed by atoms with Crippen molar-refractivity contribution in [3.8, 4) is 0 Å². The molecule has 0 bridgehead atoms. The number of fused-ring (bicyclic) bond motifs is 1. The maximum absolute atomic E-state index is 14.7. The second-order valence-corrected chi connectivity index (χ2v) is 7.94. The van der Waals surface area contributed by atoms with Gasteiger partial charge in [0.15, 0.2) is 6.30 Å². The minimum Gasteiger partial charge on any atom is -0.407 e. The van der Waals surface area contributed by atoms with Crippen molar-refractivity contribution in [3.05, 3.63) is 58.4 Å². The molecule has 0 spiro atoms. The number of nitrogens with zero attached hydrogens (tertiary/aromatic N) is 1. The number of benzene rings is 2. The average molecular weight is 466 g/mol. The molecule has 3 N–H and O–H groups in total. The number of nitrogens with one attached hydrogen (secondary N) is 2. The molecule has 0 aliphatic carbocycles. The lowest BCUT2D eigenvalue weighted by molar-refractivity contribution is -0.176. The minimum absolute atomic E-state index is 0.125. The molecule has 0 radical (unpaired) electrons. The summed E-state index contributed by atoms with van der Waals surface area (Å²) in [4.78, 5) is 37.1. The average Bonchev–Trinajstić information content (AvgIpc) is 2.93. The minimum atomic E-state index is -2.72. The van der Waals surface area contributed by atoms with Gasteiger partial charge in [0.05, 0.1) is 6.42 Å². The van der Waals surface area contributed by atoms with Gasteiger partial charge in [-0.3, -0.25) is 14.5 Å². The van der Waals surface area contributed by atoms with Gasteiger partial charge in [0.1, 0.15) is 5.82 Å². The molecule has 2 aliphatic rings. The zero-order valence-corrected chi connectivity index (χ0v) is 17.3. The van der Waals surface area contributed by atoms with Crippen molar-refractivity contribution in [1.82, 2.24) is 5.32 Å². The van der Waals surface area contributed by atoms with E-state index < -0.39 is 36.3 Å². The van der Waals surface area contributed by atoms with Gasteiger partial charge in [-0.25, -0.2) is 13.6 Å². The summed E-state index contributed by atoms with van der Waals surface area (Å²) in [5, 5.41) is 15.6. The highest BCUT2D eigenvalue weighted by Crippen LogP contribution is 2.37. The van der Waals surface area contributed by atoms with Gasteiger partial charge in [-0.2, -0.15) is 0 Å². The van der Waals surface area contributed by atoms with Crippen molar-refractivity contribution in [2.24, 2.45) is 0 Å². The highest BCUT2D eigenvalue weighted by Gasteiger charge is 2.55. The number of amides is 3. The first-order valence-corrected chi connectivity index (χ1v) is 10.1. The summed E-state index contributed by atoms with van der Waals surface area (Å²) in [6.45, 7) is -0.195. The van der Waals surface area contributed by atoms with Crippen LogP contribution in [-0.4, -0.2) is 35.1 Å². The van der Waals surface area contributed by atoms with Crippen LogP contribution in [-0.2, 0) is 27.3 Å². The second-order valence-electron chi connectivity index (χ2n) is 7.51. The molecule has 1 fully saturated rings. The standard InChI is InChI=1S/C21H18ClF2N3O5/c22-13-5-11(6-14(23)8-13)10-25-20(30)32-21(31)9-17(24)27(19(21)29)15-2-3-16-12(7-15)1-4-18(28)26-16/h2-3,5-8,17,31H,1,4,9-10H2,(H,25,30)(H,26,28). The van der Waals surface area contributed by atoms with E-state index in [1.807, 2.05) is 0 Å². The molecule has 3 amide bonds. The predicted octanol–water partition coefficient (Wildman–Crippen LogP) is 3.01. The zero-order chi connectivity index (χ0) is 23.0. The largest absolute Gasteiger partial charge is 0.410 e. The fourth-order valence-corrected chi connectivity index (χ4v) is 3.93. The number of carbonyl (C=O) groups excluding carboxylic acids is 3. The fraction of sp³-hybridized carbons (Fsp3) is 0.286. The quantitative estimate of drug-likeness (QED) is 0.475. The second kappa shape index (κ2) is 8.36. The van der Waals surface area contributed by atoms with Crippen molar-refractivity contribution in [3.63, 3.8) is 0 Å². The van der Waals surface area contributed by atoms with Gasteiger partial charge in [0.25, 0.3) is 5.79 Å². The Bertz CT molecular complexity index is 1090. The number of aryl methyl sites for hydroxylation is 1. The van der Waals surface area contributed by atoms with Gasteiger partial charge >= 0.3 is 12.0 Å². The van der Waals surface area contributed by atoms with Crippen molar-refractivity contribution >= 4 is 40.9 Å². The van der Waals surface area contributed by atoms with Crippen LogP contribution in [0.4, 0.5) is 25.0 Å². The Morgan fingerprint density at radius 2 is 2.06 bits per heavy atom. The molecule has 11 heteroatoms.